The number of piperazine rings is 1. The lowest BCUT2D eigenvalue weighted by Crippen LogP contribution is -2.44. The molecule has 12 heteroatoms. The maximum Gasteiger partial charge on any atom is 0.573 e. The van der Waals surface area contributed by atoms with Crippen LogP contribution in [0, 0.1) is 5.82 Å². The summed E-state index contributed by atoms with van der Waals surface area (Å²) in [6, 6.07) is 12.8. The van der Waals surface area contributed by atoms with Gasteiger partial charge in [-0.15, -0.1) is 13.2 Å². The molecule has 3 heterocycles. The fourth-order valence-corrected chi connectivity index (χ4v) is 4.19. The molecule has 1 fully saturated rings. The number of alkyl halides is 3. The van der Waals surface area contributed by atoms with E-state index in [4.69, 9.17) is 4.52 Å². The zero-order chi connectivity index (χ0) is 26.9. The number of halogens is 4. The second-order valence-electron chi connectivity index (χ2n) is 8.96. The van der Waals surface area contributed by atoms with Gasteiger partial charge in [-0.25, -0.2) is 4.39 Å². The second-order valence-corrected chi connectivity index (χ2v) is 8.96. The van der Waals surface area contributed by atoms with E-state index < -0.39 is 6.36 Å². The first-order valence-corrected chi connectivity index (χ1v) is 11.8. The number of aromatic nitrogens is 3. The van der Waals surface area contributed by atoms with Crippen LogP contribution in [0.2, 0.25) is 0 Å². The third-order valence-electron chi connectivity index (χ3n) is 6.21. The van der Waals surface area contributed by atoms with Crippen molar-refractivity contribution in [2.45, 2.75) is 12.9 Å². The molecule has 1 aliphatic rings. The molecule has 4 aromatic rings. The quantitative estimate of drug-likeness (QED) is 0.343. The molecule has 1 saturated heterocycles. The first-order valence-electron chi connectivity index (χ1n) is 11.8. The van der Waals surface area contributed by atoms with Gasteiger partial charge in [-0.2, -0.15) is 4.98 Å². The Kier molecular flexibility index (Phi) is 6.89. The normalized spacial score (nSPS) is 14.6. The molecule has 0 unspecified atom stereocenters. The highest BCUT2D eigenvalue weighted by molar-refractivity contribution is 5.60. The summed E-state index contributed by atoms with van der Waals surface area (Å²) in [6.45, 7) is 3.30. The van der Waals surface area contributed by atoms with Crippen molar-refractivity contribution in [1.82, 2.24) is 19.6 Å². The van der Waals surface area contributed by atoms with E-state index in [9.17, 15) is 22.4 Å². The Balaban J connectivity index is 1.35. The van der Waals surface area contributed by atoms with Crippen LogP contribution < -0.4 is 15.2 Å². The Morgan fingerprint density at radius 1 is 0.974 bits per heavy atom. The van der Waals surface area contributed by atoms with Crippen LogP contribution in [0.15, 0.2) is 70.1 Å². The average molecular weight is 529 g/mol. The van der Waals surface area contributed by atoms with Crippen molar-refractivity contribution in [2.75, 3.05) is 38.1 Å². The Morgan fingerprint density at radius 2 is 1.68 bits per heavy atom. The van der Waals surface area contributed by atoms with Gasteiger partial charge in [0, 0.05) is 44.0 Å². The summed E-state index contributed by atoms with van der Waals surface area (Å²) in [6.07, 6.45) is -3.22. The van der Waals surface area contributed by atoms with Crippen LogP contribution >= 0.6 is 0 Å². The van der Waals surface area contributed by atoms with Gasteiger partial charge >= 0.3 is 6.36 Å². The van der Waals surface area contributed by atoms with Crippen molar-refractivity contribution >= 4 is 5.69 Å². The maximum atomic E-state index is 14.6. The van der Waals surface area contributed by atoms with E-state index in [-0.39, 0.29) is 35.4 Å². The first kappa shape index (κ1) is 25.5. The van der Waals surface area contributed by atoms with Crippen molar-refractivity contribution in [3.8, 4) is 28.6 Å². The molecule has 0 spiro atoms. The second kappa shape index (κ2) is 10.3. The fraction of sp³-hybridized carbons (Fsp3) is 0.269. The van der Waals surface area contributed by atoms with Gasteiger partial charge in [-0.05, 0) is 55.1 Å². The summed E-state index contributed by atoms with van der Waals surface area (Å²) in [5.74, 6) is -0.391. The van der Waals surface area contributed by atoms with E-state index in [0.717, 1.165) is 30.8 Å². The van der Waals surface area contributed by atoms with E-state index in [2.05, 4.69) is 19.8 Å². The smallest absolute Gasteiger partial charge is 0.406 e. The van der Waals surface area contributed by atoms with E-state index in [1.165, 1.54) is 34.9 Å². The number of hydrogen-bond donors (Lipinski definition) is 0. The van der Waals surface area contributed by atoms with Gasteiger partial charge in [0.2, 0.25) is 5.82 Å². The lowest BCUT2D eigenvalue weighted by atomic mass is 10.1. The highest BCUT2D eigenvalue weighted by Crippen LogP contribution is 2.27. The third kappa shape index (κ3) is 5.86. The molecule has 0 amide bonds. The molecular formula is C26H23F4N5O3. The highest BCUT2D eigenvalue weighted by Gasteiger charge is 2.31. The molecule has 0 saturated carbocycles. The topological polar surface area (TPSA) is 76.6 Å². The summed E-state index contributed by atoms with van der Waals surface area (Å²) in [4.78, 5) is 21.1. The summed E-state index contributed by atoms with van der Waals surface area (Å²) in [5.41, 5.74) is 1.89. The van der Waals surface area contributed by atoms with Crippen molar-refractivity contribution in [2.24, 2.45) is 0 Å². The molecule has 0 atom stereocenters. The third-order valence-corrected chi connectivity index (χ3v) is 6.21. The molecular weight excluding hydrogens is 506 g/mol. The number of ether oxygens (including phenoxy) is 1. The Labute approximate surface area is 214 Å². The number of benzene rings is 2. The van der Waals surface area contributed by atoms with E-state index >= 15 is 0 Å². The zero-order valence-electron chi connectivity index (χ0n) is 20.3. The molecule has 2 aromatic carbocycles. The van der Waals surface area contributed by atoms with Gasteiger partial charge in [-0.3, -0.25) is 4.79 Å². The number of nitrogens with zero attached hydrogens (tertiary/aromatic N) is 5. The van der Waals surface area contributed by atoms with Crippen LogP contribution in [0.1, 0.15) is 5.56 Å². The number of likely N-dealkylation sites (N-methyl/N-ethyl adjacent to an activating group) is 1. The van der Waals surface area contributed by atoms with Gasteiger partial charge in [0.1, 0.15) is 11.6 Å². The zero-order valence-corrected chi connectivity index (χ0v) is 20.3. The molecule has 0 aliphatic carbocycles. The van der Waals surface area contributed by atoms with E-state index in [1.54, 1.807) is 18.3 Å². The predicted molar refractivity (Wildman–Crippen MR) is 131 cm³/mol. The summed E-state index contributed by atoms with van der Waals surface area (Å²) < 4.78 is 62.4. The molecule has 1 aliphatic heterocycles. The lowest BCUT2D eigenvalue weighted by molar-refractivity contribution is -0.274. The van der Waals surface area contributed by atoms with E-state index in [0.29, 0.717) is 29.9 Å². The number of hydrogen-bond acceptors (Lipinski definition) is 7. The summed E-state index contributed by atoms with van der Waals surface area (Å²) in [7, 11) is 2.03. The molecule has 5 rings (SSSR count). The Hall–Kier alpha value is -4.19. The van der Waals surface area contributed by atoms with Gasteiger partial charge in [0.25, 0.3) is 11.4 Å². The van der Waals surface area contributed by atoms with E-state index in [1.807, 2.05) is 11.9 Å². The average Bonchev–Trinajstić information content (AvgIpc) is 3.37. The van der Waals surface area contributed by atoms with Crippen LogP contribution in [0.4, 0.5) is 23.2 Å². The number of rotatable bonds is 6. The van der Waals surface area contributed by atoms with Gasteiger partial charge < -0.3 is 23.6 Å². The molecule has 0 radical (unpaired) electrons. The van der Waals surface area contributed by atoms with Gasteiger partial charge in [0.15, 0.2) is 0 Å². The number of anilines is 1. The fourth-order valence-electron chi connectivity index (χ4n) is 4.19. The van der Waals surface area contributed by atoms with Crippen molar-refractivity contribution in [3.63, 3.8) is 0 Å². The minimum Gasteiger partial charge on any atom is -0.406 e. The maximum absolute atomic E-state index is 14.6. The van der Waals surface area contributed by atoms with Crippen LogP contribution in [0.25, 0.3) is 22.8 Å². The molecule has 2 aromatic heterocycles. The van der Waals surface area contributed by atoms with Crippen molar-refractivity contribution in [3.05, 3.63) is 82.5 Å². The SMILES string of the molecule is CN1CCN(c2cc(Cn3cc(-c4nc(-c5ccc(OC(F)(F)F)cc5)no4)ccc3=O)ccc2F)CC1. The largest absolute Gasteiger partial charge is 0.573 e. The van der Waals surface area contributed by atoms with Gasteiger partial charge in [-0.1, -0.05) is 11.2 Å². The monoisotopic (exact) mass is 529 g/mol. The van der Waals surface area contributed by atoms with Crippen LogP contribution in [0.5, 0.6) is 5.75 Å². The van der Waals surface area contributed by atoms with Gasteiger partial charge in [0.05, 0.1) is 17.8 Å². The van der Waals surface area contributed by atoms with Crippen LogP contribution in [-0.4, -0.2) is 59.2 Å². The van der Waals surface area contributed by atoms with Crippen molar-refractivity contribution in [1.29, 1.82) is 0 Å². The van der Waals surface area contributed by atoms with Crippen molar-refractivity contribution < 1.29 is 26.8 Å². The standard InChI is InChI=1S/C26H23F4N5O3/c1-33-10-12-34(13-11-33)22-14-17(2-8-21(22)27)15-35-16-19(5-9-23(35)36)25-31-24(32-38-25)18-3-6-20(7-4-18)37-26(28,29)30/h2-9,14,16H,10-13,15H2,1H3. The lowest BCUT2D eigenvalue weighted by Gasteiger charge is -2.34. The minimum absolute atomic E-state index is 0.126. The molecule has 198 valence electrons. The summed E-state index contributed by atoms with van der Waals surface area (Å²) >= 11 is 0. The predicted octanol–water partition coefficient (Wildman–Crippen LogP) is 4.40. The van der Waals surface area contributed by atoms with Crippen LogP contribution in [0.3, 0.4) is 0 Å². The highest BCUT2D eigenvalue weighted by atomic mass is 19.4. The molecule has 8 nitrogen and oxygen atoms in total. The Morgan fingerprint density at radius 3 is 2.39 bits per heavy atom. The Bertz CT molecular complexity index is 1480. The molecule has 0 N–H and O–H groups in total. The first-order chi connectivity index (χ1) is 18.1. The number of pyridine rings is 1. The van der Waals surface area contributed by atoms with Crippen LogP contribution in [-0.2, 0) is 6.54 Å². The molecule has 0 bridgehead atoms. The minimum atomic E-state index is -4.79. The molecule has 38 heavy (non-hydrogen) atoms. The summed E-state index contributed by atoms with van der Waals surface area (Å²) in [5, 5.41) is 3.89.